The summed E-state index contributed by atoms with van der Waals surface area (Å²) in [5.41, 5.74) is 1.33. The van der Waals surface area contributed by atoms with Gasteiger partial charge in [0.25, 0.3) is 0 Å². The number of likely N-dealkylation sites (tertiary alicyclic amines) is 1. The van der Waals surface area contributed by atoms with Crippen molar-refractivity contribution in [2.75, 3.05) is 40.0 Å². The fourth-order valence-electron chi connectivity index (χ4n) is 5.08. The summed E-state index contributed by atoms with van der Waals surface area (Å²) in [5, 5.41) is 24.2. The molecule has 0 unspecified atom stereocenters. The van der Waals surface area contributed by atoms with Crippen molar-refractivity contribution in [1.29, 1.82) is 0 Å². The van der Waals surface area contributed by atoms with E-state index < -0.39 is 12.1 Å². The number of amides is 1. The average molecular weight is 541 g/mol. The van der Waals surface area contributed by atoms with Crippen molar-refractivity contribution in [3.8, 4) is 17.2 Å². The third kappa shape index (κ3) is 8.42. The molecular formula is C30H40N2O7. The lowest BCUT2D eigenvalue weighted by Gasteiger charge is -2.29. The molecule has 0 radical (unpaired) electrons. The number of unbranched alkanes of at least 4 members (excludes halogenated alkanes) is 3. The molecule has 1 amide bonds. The predicted octanol–water partition coefficient (Wildman–Crippen LogP) is 3.27. The number of carbonyl (C=O) groups excluding carboxylic acids is 2. The van der Waals surface area contributed by atoms with E-state index in [1.54, 1.807) is 49.6 Å². The molecule has 0 bridgehead atoms. The topological polar surface area (TPSA) is 118 Å². The molecule has 2 heterocycles. The normalized spacial score (nSPS) is 18.4. The van der Waals surface area contributed by atoms with Gasteiger partial charge in [-0.1, -0.05) is 18.9 Å². The Balaban J connectivity index is 1.23. The summed E-state index contributed by atoms with van der Waals surface area (Å²) in [6.07, 6.45) is 3.37. The quantitative estimate of drug-likeness (QED) is 0.247. The van der Waals surface area contributed by atoms with E-state index >= 15 is 0 Å². The van der Waals surface area contributed by atoms with Crippen LogP contribution in [0.25, 0.3) is 0 Å². The molecule has 2 aromatic carbocycles. The van der Waals surface area contributed by atoms with Crippen molar-refractivity contribution >= 4 is 11.7 Å². The number of β-amino-alcohol motifs (C(OH)–C–C–N with tert-alkyl or cyclic N) is 1. The number of hydrogen-bond donors (Lipinski definition) is 3. The summed E-state index contributed by atoms with van der Waals surface area (Å²) in [6, 6.07) is 11.9. The van der Waals surface area contributed by atoms with Gasteiger partial charge in [-0.3, -0.25) is 14.5 Å². The molecule has 0 spiro atoms. The number of rotatable bonds is 14. The second-order valence-corrected chi connectivity index (χ2v) is 10.3. The number of fused-ring (bicyclic) bond motifs is 1. The number of ether oxygens (including phenoxy) is 3. The molecular weight excluding hydrogens is 500 g/mol. The highest BCUT2D eigenvalue weighted by Gasteiger charge is 2.29. The molecule has 2 aliphatic heterocycles. The van der Waals surface area contributed by atoms with Crippen LogP contribution in [-0.4, -0.2) is 78.9 Å². The van der Waals surface area contributed by atoms with Crippen molar-refractivity contribution in [2.45, 2.75) is 63.2 Å². The molecule has 9 nitrogen and oxygen atoms in total. The number of hydrogen-bond acceptors (Lipinski definition) is 8. The van der Waals surface area contributed by atoms with Crippen LogP contribution in [0.2, 0.25) is 0 Å². The maximum absolute atomic E-state index is 12.8. The fourth-order valence-corrected chi connectivity index (χ4v) is 5.08. The third-order valence-corrected chi connectivity index (χ3v) is 7.31. The van der Waals surface area contributed by atoms with Crippen LogP contribution in [0, 0.1) is 0 Å². The van der Waals surface area contributed by atoms with E-state index in [1.165, 1.54) is 0 Å². The smallest absolute Gasteiger partial charge is 0.220 e. The van der Waals surface area contributed by atoms with Gasteiger partial charge in [-0.2, -0.15) is 0 Å². The van der Waals surface area contributed by atoms with E-state index in [9.17, 15) is 19.8 Å². The largest absolute Gasteiger partial charge is 0.497 e. The van der Waals surface area contributed by atoms with Crippen molar-refractivity contribution < 1.29 is 34.0 Å². The number of nitrogens with zero attached hydrogens (tertiary/aromatic N) is 1. The summed E-state index contributed by atoms with van der Waals surface area (Å²) < 4.78 is 16.4. The molecule has 2 aromatic rings. The van der Waals surface area contributed by atoms with Crippen LogP contribution >= 0.6 is 0 Å². The van der Waals surface area contributed by atoms with E-state index in [-0.39, 0.29) is 17.8 Å². The number of carbonyl (C=O) groups is 2. The Hall–Kier alpha value is -3.14. The van der Waals surface area contributed by atoms with Crippen molar-refractivity contribution in [3.05, 3.63) is 53.6 Å². The van der Waals surface area contributed by atoms with Crippen molar-refractivity contribution in [3.63, 3.8) is 0 Å². The molecule has 1 fully saturated rings. The minimum atomic E-state index is -0.938. The van der Waals surface area contributed by atoms with E-state index in [2.05, 4.69) is 10.2 Å². The molecule has 9 heteroatoms. The SMILES string of the molecule is COc1ccc(C(=O)CCCCCCC(=O)N[C@H](CN2CC[C@H](O)C2)[C@H](O)c2ccc3c(c2)OCCO3)cc1. The second-order valence-electron chi connectivity index (χ2n) is 10.3. The van der Waals surface area contributed by atoms with Gasteiger partial charge in [0.15, 0.2) is 17.3 Å². The molecule has 1 saturated heterocycles. The third-order valence-electron chi connectivity index (χ3n) is 7.31. The Morgan fingerprint density at radius 2 is 1.74 bits per heavy atom. The maximum Gasteiger partial charge on any atom is 0.220 e. The number of nitrogens with one attached hydrogen (secondary N) is 1. The first-order chi connectivity index (χ1) is 18.9. The van der Waals surface area contributed by atoms with Crippen LogP contribution in [0.15, 0.2) is 42.5 Å². The zero-order chi connectivity index (χ0) is 27.6. The number of benzene rings is 2. The van der Waals surface area contributed by atoms with Gasteiger partial charge in [0.05, 0.1) is 19.3 Å². The Bertz CT molecular complexity index is 1090. The van der Waals surface area contributed by atoms with Gasteiger partial charge in [0, 0.05) is 38.0 Å². The van der Waals surface area contributed by atoms with Crippen LogP contribution in [0.1, 0.15) is 67.0 Å². The van der Waals surface area contributed by atoms with Crippen LogP contribution in [0.5, 0.6) is 17.2 Å². The highest BCUT2D eigenvalue weighted by molar-refractivity contribution is 5.96. The zero-order valence-electron chi connectivity index (χ0n) is 22.6. The van der Waals surface area contributed by atoms with Gasteiger partial charge < -0.3 is 29.7 Å². The van der Waals surface area contributed by atoms with E-state index in [0.717, 1.165) is 31.6 Å². The summed E-state index contributed by atoms with van der Waals surface area (Å²) in [4.78, 5) is 27.3. The number of Topliss-reactive ketones (excluding diaryl/α,β-unsaturated/α-hetero) is 1. The van der Waals surface area contributed by atoms with Gasteiger partial charge in [0.2, 0.25) is 5.91 Å². The number of aliphatic hydroxyl groups excluding tert-OH is 2. The molecule has 4 rings (SSSR count). The summed E-state index contributed by atoms with van der Waals surface area (Å²) in [7, 11) is 1.60. The van der Waals surface area contributed by atoms with E-state index in [4.69, 9.17) is 14.2 Å². The number of methoxy groups -OCH3 is 1. The standard InChI is InChI=1S/C30H40N2O7/c1-37-24-11-8-21(9-12-24)26(34)6-4-2-3-5-7-29(35)31-25(20-32-15-14-23(33)19-32)30(36)22-10-13-27-28(18-22)39-17-16-38-27/h8-13,18,23,25,30,33,36H,2-7,14-17,19-20H2,1H3,(H,31,35)/t23-,25+,30+/m0/s1. The molecule has 212 valence electrons. The van der Waals surface area contributed by atoms with E-state index in [0.29, 0.717) is 74.6 Å². The predicted molar refractivity (Wildman–Crippen MR) is 146 cm³/mol. The molecule has 0 saturated carbocycles. The first-order valence-corrected chi connectivity index (χ1v) is 13.9. The summed E-state index contributed by atoms with van der Waals surface area (Å²) in [5.74, 6) is 1.95. The number of aliphatic hydroxyl groups is 2. The summed E-state index contributed by atoms with van der Waals surface area (Å²) in [6.45, 7) is 2.62. The van der Waals surface area contributed by atoms with Crippen LogP contribution in [-0.2, 0) is 4.79 Å². The lowest BCUT2D eigenvalue weighted by Crippen LogP contribution is -2.47. The van der Waals surface area contributed by atoms with Gasteiger partial charge in [-0.05, 0) is 61.2 Å². The lowest BCUT2D eigenvalue weighted by atomic mass is 10.00. The lowest BCUT2D eigenvalue weighted by molar-refractivity contribution is -0.123. The van der Waals surface area contributed by atoms with Crippen LogP contribution in [0.4, 0.5) is 0 Å². The minimum Gasteiger partial charge on any atom is -0.497 e. The molecule has 3 N–H and O–H groups in total. The monoisotopic (exact) mass is 540 g/mol. The van der Waals surface area contributed by atoms with Gasteiger partial charge in [0.1, 0.15) is 25.1 Å². The average Bonchev–Trinajstić information content (AvgIpc) is 3.38. The second kappa shape index (κ2) is 14.3. The molecule has 0 aliphatic carbocycles. The summed E-state index contributed by atoms with van der Waals surface area (Å²) >= 11 is 0. The highest BCUT2D eigenvalue weighted by atomic mass is 16.6. The van der Waals surface area contributed by atoms with E-state index in [1.807, 2.05) is 0 Å². The van der Waals surface area contributed by atoms with Gasteiger partial charge in [-0.25, -0.2) is 0 Å². The van der Waals surface area contributed by atoms with Crippen LogP contribution < -0.4 is 19.5 Å². The van der Waals surface area contributed by atoms with Crippen molar-refractivity contribution in [2.24, 2.45) is 0 Å². The Morgan fingerprint density at radius 1 is 1.03 bits per heavy atom. The molecule has 0 aromatic heterocycles. The van der Waals surface area contributed by atoms with Gasteiger partial charge >= 0.3 is 0 Å². The Labute approximate surface area is 230 Å². The number of ketones is 1. The minimum absolute atomic E-state index is 0.110. The Kier molecular flexibility index (Phi) is 10.6. The molecule has 39 heavy (non-hydrogen) atoms. The zero-order valence-corrected chi connectivity index (χ0v) is 22.6. The highest BCUT2D eigenvalue weighted by Crippen LogP contribution is 2.33. The first kappa shape index (κ1) is 28.9. The molecule has 3 atom stereocenters. The first-order valence-electron chi connectivity index (χ1n) is 13.9. The van der Waals surface area contributed by atoms with Crippen LogP contribution in [0.3, 0.4) is 0 Å². The molecule has 2 aliphatic rings. The fraction of sp³-hybridized carbons (Fsp3) is 0.533. The van der Waals surface area contributed by atoms with Gasteiger partial charge in [-0.15, -0.1) is 0 Å². The van der Waals surface area contributed by atoms with Crippen molar-refractivity contribution in [1.82, 2.24) is 10.2 Å². The maximum atomic E-state index is 12.8. The Morgan fingerprint density at radius 3 is 2.44 bits per heavy atom.